The number of ether oxygens (including phenoxy) is 1. The molecule has 0 aliphatic carbocycles. The molecule has 23 heavy (non-hydrogen) atoms. The molecule has 0 bridgehead atoms. The molecule has 0 saturated heterocycles. The van der Waals surface area contributed by atoms with Gasteiger partial charge < -0.3 is 15.4 Å². The van der Waals surface area contributed by atoms with Gasteiger partial charge in [-0.1, -0.05) is 36.4 Å². The summed E-state index contributed by atoms with van der Waals surface area (Å²) in [6.07, 6.45) is 0. The second-order valence-electron chi connectivity index (χ2n) is 5.15. The first-order valence-corrected chi connectivity index (χ1v) is 7.58. The highest BCUT2D eigenvalue weighted by Crippen LogP contribution is 2.24. The van der Waals surface area contributed by atoms with Gasteiger partial charge in [-0.05, 0) is 42.8 Å². The fourth-order valence-electron chi connectivity index (χ4n) is 1.87. The molecule has 0 atom stereocenters. The number of amides is 1. The van der Waals surface area contributed by atoms with Crippen molar-refractivity contribution in [3.8, 4) is 5.75 Å². The minimum atomic E-state index is -0.170. The van der Waals surface area contributed by atoms with Gasteiger partial charge in [-0.2, -0.15) is 0 Å². The monoisotopic (exact) mass is 330 g/mol. The first-order chi connectivity index (χ1) is 11.0. The van der Waals surface area contributed by atoms with Gasteiger partial charge in [0.25, 0.3) is 0 Å². The van der Waals surface area contributed by atoms with Crippen LogP contribution in [-0.4, -0.2) is 19.1 Å². The van der Waals surface area contributed by atoms with Crippen LogP contribution in [0.15, 0.2) is 60.7 Å². The van der Waals surface area contributed by atoms with Gasteiger partial charge >= 0.3 is 0 Å². The Morgan fingerprint density at radius 2 is 2.00 bits per heavy atom. The van der Waals surface area contributed by atoms with E-state index in [2.05, 4.69) is 17.2 Å². The van der Waals surface area contributed by atoms with Crippen LogP contribution in [0.25, 0.3) is 0 Å². The Labute approximate surface area is 141 Å². The molecule has 2 aromatic carbocycles. The number of hydrogen-bond acceptors (Lipinski definition) is 3. The highest BCUT2D eigenvalue weighted by Gasteiger charge is 2.07. The van der Waals surface area contributed by atoms with E-state index in [-0.39, 0.29) is 12.5 Å². The van der Waals surface area contributed by atoms with Crippen molar-refractivity contribution in [2.45, 2.75) is 6.92 Å². The van der Waals surface area contributed by atoms with E-state index in [1.165, 1.54) is 0 Å². The van der Waals surface area contributed by atoms with Gasteiger partial charge in [0.1, 0.15) is 12.4 Å². The van der Waals surface area contributed by atoms with E-state index in [4.69, 9.17) is 16.3 Å². The summed E-state index contributed by atoms with van der Waals surface area (Å²) in [5, 5.41) is 6.47. The molecule has 2 rings (SSSR count). The number of carbonyl (C=O) groups is 1. The fourth-order valence-corrected chi connectivity index (χ4v) is 2.06. The summed E-state index contributed by atoms with van der Waals surface area (Å²) in [6, 6.07) is 14.5. The lowest BCUT2D eigenvalue weighted by molar-refractivity contribution is -0.114. The van der Waals surface area contributed by atoms with Crippen molar-refractivity contribution in [1.29, 1.82) is 0 Å². The lowest BCUT2D eigenvalue weighted by Gasteiger charge is -2.13. The Kier molecular flexibility index (Phi) is 6.06. The van der Waals surface area contributed by atoms with E-state index < -0.39 is 0 Å². The predicted octanol–water partition coefficient (Wildman–Crippen LogP) is 4.35. The lowest BCUT2D eigenvalue weighted by atomic mass is 10.3. The molecule has 0 spiro atoms. The minimum absolute atomic E-state index is 0.134. The predicted molar refractivity (Wildman–Crippen MR) is 95.3 cm³/mol. The zero-order chi connectivity index (χ0) is 16.7. The number of para-hydroxylation sites is 2. The average Bonchev–Trinajstić information content (AvgIpc) is 2.52. The summed E-state index contributed by atoms with van der Waals surface area (Å²) in [5.74, 6) is 0.447. The van der Waals surface area contributed by atoms with Crippen LogP contribution < -0.4 is 15.4 Å². The summed E-state index contributed by atoms with van der Waals surface area (Å²) in [4.78, 5) is 12.1. The van der Waals surface area contributed by atoms with E-state index >= 15 is 0 Å². The van der Waals surface area contributed by atoms with Crippen LogP contribution in [-0.2, 0) is 4.79 Å². The van der Waals surface area contributed by atoms with Gasteiger partial charge in [0.15, 0.2) is 0 Å². The normalized spacial score (nSPS) is 10.0. The molecule has 0 aliphatic rings. The van der Waals surface area contributed by atoms with Gasteiger partial charge in [-0.3, -0.25) is 4.79 Å². The van der Waals surface area contributed by atoms with Crippen LogP contribution in [0, 0.1) is 0 Å². The molecular formula is C18H19ClN2O2. The molecule has 2 aromatic rings. The zero-order valence-electron chi connectivity index (χ0n) is 12.9. The first-order valence-electron chi connectivity index (χ1n) is 7.20. The fraction of sp³-hybridized carbons (Fsp3) is 0.167. The number of nitrogens with one attached hydrogen (secondary N) is 2. The van der Waals surface area contributed by atoms with Crippen molar-refractivity contribution >= 4 is 28.9 Å². The number of rotatable bonds is 7. The van der Waals surface area contributed by atoms with E-state index in [9.17, 15) is 4.79 Å². The molecule has 0 fully saturated rings. The maximum Gasteiger partial charge on any atom is 0.243 e. The Morgan fingerprint density at radius 3 is 2.74 bits per heavy atom. The van der Waals surface area contributed by atoms with Crippen LogP contribution in [0.1, 0.15) is 6.92 Å². The van der Waals surface area contributed by atoms with Gasteiger partial charge in [0.05, 0.1) is 12.2 Å². The van der Waals surface area contributed by atoms with Crippen LogP contribution in [0.3, 0.4) is 0 Å². The SMILES string of the molecule is C=C(C)COc1ccccc1NC(=O)CNc1cccc(Cl)c1. The molecule has 0 unspecified atom stereocenters. The Hall–Kier alpha value is -2.46. The van der Waals surface area contributed by atoms with Gasteiger partial charge in [0, 0.05) is 10.7 Å². The standard InChI is InChI=1S/C18H19ClN2O2/c1-13(2)12-23-17-9-4-3-8-16(17)21-18(22)11-20-15-7-5-6-14(19)10-15/h3-10,20H,1,11-12H2,2H3,(H,21,22). The quantitative estimate of drug-likeness (QED) is 0.742. The highest BCUT2D eigenvalue weighted by molar-refractivity contribution is 6.30. The molecule has 0 aliphatic heterocycles. The summed E-state index contributed by atoms with van der Waals surface area (Å²) >= 11 is 5.91. The molecular weight excluding hydrogens is 312 g/mol. The Bertz CT molecular complexity index is 701. The maximum absolute atomic E-state index is 12.1. The average molecular weight is 331 g/mol. The third kappa shape index (κ3) is 5.68. The van der Waals surface area contributed by atoms with Crippen molar-refractivity contribution in [3.63, 3.8) is 0 Å². The highest BCUT2D eigenvalue weighted by atomic mass is 35.5. The summed E-state index contributed by atoms with van der Waals surface area (Å²) in [7, 11) is 0. The van der Waals surface area contributed by atoms with Crippen molar-refractivity contribution in [1.82, 2.24) is 0 Å². The summed E-state index contributed by atoms with van der Waals surface area (Å²) in [6.45, 7) is 6.23. The smallest absolute Gasteiger partial charge is 0.243 e. The second-order valence-corrected chi connectivity index (χ2v) is 5.59. The number of anilines is 2. The number of carbonyl (C=O) groups excluding carboxylic acids is 1. The summed E-state index contributed by atoms with van der Waals surface area (Å²) in [5.41, 5.74) is 2.33. The van der Waals surface area contributed by atoms with Crippen molar-refractivity contribution < 1.29 is 9.53 Å². The molecule has 5 heteroatoms. The van der Waals surface area contributed by atoms with E-state index in [0.29, 0.717) is 23.1 Å². The summed E-state index contributed by atoms with van der Waals surface area (Å²) < 4.78 is 5.63. The van der Waals surface area contributed by atoms with Crippen LogP contribution in [0.4, 0.5) is 11.4 Å². The molecule has 0 saturated carbocycles. The molecule has 4 nitrogen and oxygen atoms in total. The largest absolute Gasteiger partial charge is 0.487 e. The number of benzene rings is 2. The van der Waals surface area contributed by atoms with Gasteiger partial charge in [-0.15, -0.1) is 0 Å². The molecule has 0 aromatic heterocycles. The lowest BCUT2D eigenvalue weighted by Crippen LogP contribution is -2.22. The molecule has 1 amide bonds. The van der Waals surface area contributed by atoms with Crippen LogP contribution >= 0.6 is 11.6 Å². The molecule has 0 radical (unpaired) electrons. The van der Waals surface area contributed by atoms with E-state index in [1.807, 2.05) is 37.3 Å². The zero-order valence-corrected chi connectivity index (χ0v) is 13.7. The second kappa shape index (κ2) is 8.25. The minimum Gasteiger partial charge on any atom is -0.487 e. The number of hydrogen-bond donors (Lipinski definition) is 2. The van der Waals surface area contributed by atoms with Crippen molar-refractivity contribution in [3.05, 3.63) is 65.7 Å². The van der Waals surface area contributed by atoms with Gasteiger partial charge in [0.2, 0.25) is 5.91 Å². The first kappa shape index (κ1) is 16.9. The topological polar surface area (TPSA) is 50.4 Å². The van der Waals surface area contributed by atoms with Crippen molar-refractivity contribution in [2.75, 3.05) is 23.8 Å². The van der Waals surface area contributed by atoms with Crippen LogP contribution in [0.5, 0.6) is 5.75 Å². The molecule has 120 valence electrons. The maximum atomic E-state index is 12.1. The van der Waals surface area contributed by atoms with E-state index in [1.54, 1.807) is 18.2 Å². The molecule has 0 heterocycles. The van der Waals surface area contributed by atoms with Crippen molar-refractivity contribution in [2.24, 2.45) is 0 Å². The molecule has 2 N–H and O–H groups in total. The Morgan fingerprint density at radius 1 is 1.22 bits per heavy atom. The number of halogens is 1. The third-order valence-corrected chi connectivity index (χ3v) is 3.15. The van der Waals surface area contributed by atoms with E-state index in [0.717, 1.165) is 11.3 Å². The van der Waals surface area contributed by atoms with Crippen LogP contribution in [0.2, 0.25) is 5.02 Å². The van der Waals surface area contributed by atoms with Gasteiger partial charge in [-0.25, -0.2) is 0 Å². The Balaban J connectivity index is 1.93. The third-order valence-electron chi connectivity index (χ3n) is 2.91.